The highest BCUT2D eigenvalue weighted by Crippen LogP contribution is 2.46. The fraction of sp³-hybridized carbons (Fsp3) is 0. The van der Waals surface area contributed by atoms with Gasteiger partial charge in [0.1, 0.15) is 11.2 Å². The fourth-order valence-electron chi connectivity index (χ4n) is 8.75. The number of benzene rings is 8. The second-order valence-corrected chi connectivity index (χ2v) is 14.4. The van der Waals surface area contributed by atoms with E-state index in [0.29, 0.717) is 17.5 Å². The average Bonchev–Trinajstić information content (AvgIpc) is 3.95. The Morgan fingerprint density at radius 2 is 0.877 bits per heavy atom. The lowest BCUT2D eigenvalue weighted by atomic mass is 10.0. The van der Waals surface area contributed by atoms with Gasteiger partial charge >= 0.3 is 0 Å². The molecule has 0 amide bonds. The molecule has 57 heavy (non-hydrogen) atoms. The van der Waals surface area contributed by atoms with Crippen molar-refractivity contribution in [3.8, 4) is 45.5 Å². The second-order valence-electron chi connectivity index (χ2n) is 14.4. The van der Waals surface area contributed by atoms with E-state index in [1.165, 1.54) is 10.8 Å². The van der Waals surface area contributed by atoms with Crippen LogP contribution in [0.5, 0.6) is 0 Å². The number of para-hydroxylation sites is 4. The van der Waals surface area contributed by atoms with Gasteiger partial charge in [-0.05, 0) is 48.5 Å². The van der Waals surface area contributed by atoms with Crippen molar-refractivity contribution in [3.05, 3.63) is 188 Å². The molecule has 4 heterocycles. The number of furan rings is 1. The van der Waals surface area contributed by atoms with E-state index in [9.17, 15) is 0 Å². The molecule has 8 aromatic carbocycles. The Hall–Kier alpha value is -7.83. The number of nitrogens with zero attached hydrogens (tertiary/aromatic N) is 5. The Bertz CT molecular complexity index is 3400. The lowest BCUT2D eigenvalue weighted by molar-refractivity contribution is 0.669. The predicted octanol–water partition coefficient (Wildman–Crippen LogP) is 13.0. The number of hydrogen-bond acceptors (Lipinski definition) is 4. The molecule has 0 aliphatic rings. The Morgan fingerprint density at radius 1 is 0.351 bits per heavy atom. The molecule has 6 heteroatoms. The number of aromatic nitrogens is 5. The van der Waals surface area contributed by atoms with Crippen molar-refractivity contribution in [2.45, 2.75) is 0 Å². The second kappa shape index (κ2) is 12.3. The molecule has 266 valence electrons. The maximum atomic E-state index is 6.77. The lowest BCUT2D eigenvalue weighted by Crippen LogP contribution is -2.01. The summed E-state index contributed by atoms with van der Waals surface area (Å²) in [5.41, 5.74) is 10.9. The quantitative estimate of drug-likeness (QED) is 0.177. The van der Waals surface area contributed by atoms with Crippen LogP contribution in [0.1, 0.15) is 0 Å². The van der Waals surface area contributed by atoms with Gasteiger partial charge in [0, 0.05) is 49.3 Å². The number of hydrogen-bond donors (Lipinski definition) is 0. The fourth-order valence-corrected chi connectivity index (χ4v) is 8.75. The molecule has 4 aromatic heterocycles. The molecular weight excluding hydrogens is 699 g/mol. The molecule has 0 fully saturated rings. The van der Waals surface area contributed by atoms with E-state index in [0.717, 1.165) is 82.8 Å². The van der Waals surface area contributed by atoms with Crippen molar-refractivity contribution < 1.29 is 4.42 Å². The summed E-state index contributed by atoms with van der Waals surface area (Å²) >= 11 is 0. The topological polar surface area (TPSA) is 61.7 Å². The van der Waals surface area contributed by atoms with E-state index in [1.54, 1.807) is 0 Å². The van der Waals surface area contributed by atoms with Crippen molar-refractivity contribution >= 4 is 65.6 Å². The van der Waals surface area contributed by atoms with Crippen LogP contribution in [-0.4, -0.2) is 24.1 Å². The molecule has 0 aliphatic carbocycles. The van der Waals surface area contributed by atoms with Crippen LogP contribution in [0.3, 0.4) is 0 Å². The Kier molecular flexibility index (Phi) is 6.83. The SMILES string of the molecule is c1ccc(-c2nc(-c3ccccc3)nc(-c3cccc4oc5ccc6c7cccc(-n8c9ccccc9c9ccccc98)c7n(-c7ccccc7)c6c5c34)n2)cc1. The molecular formula is C51H31N5O. The van der Waals surface area contributed by atoms with Crippen molar-refractivity contribution in [2.24, 2.45) is 0 Å². The molecule has 0 atom stereocenters. The van der Waals surface area contributed by atoms with Gasteiger partial charge < -0.3 is 13.6 Å². The highest BCUT2D eigenvalue weighted by Gasteiger charge is 2.25. The van der Waals surface area contributed by atoms with Crippen molar-refractivity contribution in [1.82, 2.24) is 24.1 Å². The summed E-state index contributed by atoms with van der Waals surface area (Å²) in [5, 5.41) is 6.70. The first-order chi connectivity index (χ1) is 28.3. The summed E-state index contributed by atoms with van der Waals surface area (Å²) < 4.78 is 11.6. The smallest absolute Gasteiger partial charge is 0.164 e. The van der Waals surface area contributed by atoms with Gasteiger partial charge in [-0.3, -0.25) is 0 Å². The van der Waals surface area contributed by atoms with Gasteiger partial charge in [0.15, 0.2) is 17.5 Å². The molecule has 12 aromatic rings. The van der Waals surface area contributed by atoms with Crippen LogP contribution in [0.2, 0.25) is 0 Å². The third kappa shape index (κ3) is 4.74. The van der Waals surface area contributed by atoms with Crippen molar-refractivity contribution in [1.29, 1.82) is 0 Å². The van der Waals surface area contributed by atoms with E-state index in [1.807, 2.05) is 72.8 Å². The van der Waals surface area contributed by atoms with Gasteiger partial charge in [0.25, 0.3) is 0 Å². The molecule has 0 radical (unpaired) electrons. The van der Waals surface area contributed by atoms with Crippen LogP contribution >= 0.6 is 0 Å². The molecule has 0 saturated carbocycles. The largest absolute Gasteiger partial charge is 0.456 e. The zero-order chi connectivity index (χ0) is 37.5. The molecule has 0 saturated heterocycles. The first-order valence-electron chi connectivity index (χ1n) is 19.1. The van der Waals surface area contributed by atoms with E-state index >= 15 is 0 Å². The Balaban J connectivity index is 1.23. The third-order valence-corrected chi connectivity index (χ3v) is 11.2. The normalized spacial score (nSPS) is 11.9. The summed E-state index contributed by atoms with van der Waals surface area (Å²) in [4.78, 5) is 15.3. The number of fused-ring (bicyclic) bond motifs is 10. The van der Waals surface area contributed by atoms with Crippen molar-refractivity contribution in [3.63, 3.8) is 0 Å². The predicted molar refractivity (Wildman–Crippen MR) is 232 cm³/mol. The van der Waals surface area contributed by atoms with Crippen LogP contribution in [0.4, 0.5) is 0 Å². The lowest BCUT2D eigenvalue weighted by Gasteiger charge is -2.14. The van der Waals surface area contributed by atoms with Gasteiger partial charge in [0.05, 0.1) is 33.1 Å². The zero-order valence-corrected chi connectivity index (χ0v) is 30.5. The summed E-state index contributed by atoms with van der Waals surface area (Å²) in [5.74, 6) is 1.81. The van der Waals surface area contributed by atoms with Gasteiger partial charge in [-0.25, -0.2) is 15.0 Å². The van der Waals surface area contributed by atoms with Gasteiger partial charge in [-0.15, -0.1) is 0 Å². The maximum Gasteiger partial charge on any atom is 0.164 e. The van der Waals surface area contributed by atoms with Gasteiger partial charge in [-0.1, -0.05) is 140 Å². The van der Waals surface area contributed by atoms with E-state index < -0.39 is 0 Å². The molecule has 6 nitrogen and oxygen atoms in total. The standard InChI is InChI=1S/C51H31N5O/c1-4-16-32(17-5-1)49-52-50(33-18-6-2-7-19-33)54-51(53-49)39-25-15-29-43-45(39)46-44(57-43)31-30-38-37-24-14-28-42(47(37)55(48(38)46)34-20-8-3-9-21-34)56-40-26-12-10-22-35(40)36-23-11-13-27-41(36)56/h1-31H. The molecule has 0 unspecified atom stereocenters. The van der Waals surface area contributed by atoms with Crippen LogP contribution < -0.4 is 0 Å². The Labute approximate surface area is 326 Å². The molecule has 12 rings (SSSR count). The molecule has 0 bridgehead atoms. The Morgan fingerprint density at radius 3 is 1.54 bits per heavy atom. The van der Waals surface area contributed by atoms with Crippen LogP contribution in [0.25, 0.3) is 111 Å². The summed E-state index contributed by atoms with van der Waals surface area (Å²) in [6, 6.07) is 65.4. The van der Waals surface area contributed by atoms with E-state index in [4.69, 9.17) is 19.4 Å². The highest BCUT2D eigenvalue weighted by atomic mass is 16.3. The first kappa shape index (κ1) is 31.5. The van der Waals surface area contributed by atoms with E-state index in [2.05, 4.69) is 124 Å². The molecule has 0 spiro atoms. The van der Waals surface area contributed by atoms with Crippen LogP contribution in [0.15, 0.2) is 192 Å². The van der Waals surface area contributed by atoms with Crippen LogP contribution in [0, 0.1) is 0 Å². The van der Waals surface area contributed by atoms with Crippen molar-refractivity contribution in [2.75, 3.05) is 0 Å². The third-order valence-electron chi connectivity index (χ3n) is 11.2. The average molecular weight is 730 g/mol. The zero-order valence-electron chi connectivity index (χ0n) is 30.5. The molecule has 0 aliphatic heterocycles. The summed E-state index contributed by atoms with van der Waals surface area (Å²) in [6.07, 6.45) is 0. The minimum Gasteiger partial charge on any atom is -0.456 e. The van der Waals surface area contributed by atoms with Gasteiger partial charge in [-0.2, -0.15) is 0 Å². The van der Waals surface area contributed by atoms with Crippen LogP contribution in [-0.2, 0) is 0 Å². The highest BCUT2D eigenvalue weighted by molar-refractivity contribution is 6.27. The first-order valence-corrected chi connectivity index (χ1v) is 19.1. The number of rotatable bonds is 5. The van der Waals surface area contributed by atoms with E-state index in [-0.39, 0.29) is 0 Å². The summed E-state index contributed by atoms with van der Waals surface area (Å²) in [6.45, 7) is 0. The monoisotopic (exact) mass is 729 g/mol. The molecule has 0 N–H and O–H groups in total. The summed E-state index contributed by atoms with van der Waals surface area (Å²) in [7, 11) is 0. The minimum absolute atomic E-state index is 0.585. The minimum atomic E-state index is 0.585. The van der Waals surface area contributed by atoms with Gasteiger partial charge in [0.2, 0.25) is 0 Å². The maximum absolute atomic E-state index is 6.77.